The summed E-state index contributed by atoms with van der Waals surface area (Å²) in [6, 6.07) is 0. The summed E-state index contributed by atoms with van der Waals surface area (Å²) in [7, 11) is 1.74. The number of amides is 1. The highest BCUT2D eigenvalue weighted by atomic mass is 16.5. The first-order valence-corrected chi connectivity index (χ1v) is 21.4. The molecule has 0 fully saturated rings. The molecule has 1 N–H and O–H groups in total. The lowest BCUT2D eigenvalue weighted by atomic mass is 9.99. The zero-order valence-corrected chi connectivity index (χ0v) is 34.2. The fourth-order valence-corrected chi connectivity index (χ4v) is 6.24. The molecule has 0 spiro atoms. The fourth-order valence-electron chi connectivity index (χ4n) is 6.24. The summed E-state index contributed by atoms with van der Waals surface area (Å²) in [4.78, 5) is 13.0. The number of carbonyl (C=O) groups excluding carboxylic acids is 1. The van der Waals surface area contributed by atoms with Gasteiger partial charge in [-0.15, -0.1) is 0 Å². The second-order valence-electron chi connectivity index (χ2n) is 15.5. The van der Waals surface area contributed by atoms with Crippen molar-refractivity contribution in [2.45, 2.75) is 232 Å². The van der Waals surface area contributed by atoms with Crippen LogP contribution in [0.5, 0.6) is 0 Å². The molecule has 49 heavy (non-hydrogen) atoms. The predicted molar refractivity (Wildman–Crippen MR) is 211 cm³/mol. The molecule has 0 aliphatic heterocycles. The van der Waals surface area contributed by atoms with E-state index in [1.165, 1.54) is 141 Å². The van der Waals surface area contributed by atoms with E-state index in [1.807, 2.05) is 13.8 Å². The van der Waals surface area contributed by atoms with Gasteiger partial charge in [-0.05, 0) is 52.9 Å². The monoisotopic (exact) mass is 698 g/mol. The molecule has 2 atom stereocenters. The summed E-state index contributed by atoms with van der Waals surface area (Å²) in [5.41, 5.74) is -1.11. The average Bonchev–Trinajstić information content (AvgIpc) is 3.09. The van der Waals surface area contributed by atoms with Crippen LogP contribution in [0.15, 0.2) is 0 Å². The van der Waals surface area contributed by atoms with Crippen LogP contribution in [0.3, 0.4) is 0 Å². The molecule has 0 saturated heterocycles. The van der Waals surface area contributed by atoms with Crippen LogP contribution >= 0.6 is 0 Å². The van der Waals surface area contributed by atoms with Crippen molar-refractivity contribution in [3.8, 4) is 0 Å². The van der Waals surface area contributed by atoms with E-state index in [4.69, 9.17) is 18.9 Å². The summed E-state index contributed by atoms with van der Waals surface area (Å²) in [6.45, 7) is 15.6. The molecule has 0 saturated carbocycles. The first-order valence-electron chi connectivity index (χ1n) is 21.4. The normalized spacial score (nSPS) is 13.9. The van der Waals surface area contributed by atoms with Gasteiger partial charge in [-0.25, -0.2) is 0 Å². The van der Waals surface area contributed by atoms with Gasteiger partial charge in [0.25, 0.3) is 5.91 Å². The van der Waals surface area contributed by atoms with Crippen molar-refractivity contribution in [3.63, 3.8) is 0 Å². The van der Waals surface area contributed by atoms with E-state index in [0.29, 0.717) is 19.8 Å². The van der Waals surface area contributed by atoms with Gasteiger partial charge < -0.3 is 24.3 Å². The average molecular weight is 698 g/mol. The minimum atomic E-state index is -0.890. The Balaban J connectivity index is 4.28. The van der Waals surface area contributed by atoms with Gasteiger partial charge >= 0.3 is 0 Å². The Kier molecular flexibility index (Phi) is 33.9. The van der Waals surface area contributed by atoms with Crippen molar-refractivity contribution in [2.24, 2.45) is 0 Å². The van der Waals surface area contributed by atoms with Gasteiger partial charge in [0, 0.05) is 26.9 Å². The molecular weight excluding hydrogens is 610 g/mol. The highest BCUT2D eigenvalue weighted by Crippen LogP contribution is 2.21. The smallest absolute Gasteiger partial charge is 0.251 e. The van der Waals surface area contributed by atoms with Gasteiger partial charge in [0.15, 0.2) is 0 Å². The van der Waals surface area contributed by atoms with Crippen LogP contribution in [-0.4, -0.2) is 63.3 Å². The summed E-state index contributed by atoms with van der Waals surface area (Å²) in [5.74, 6) is -0.0838. The zero-order chi connectivity index (χ0) is 36.3. The van der Waals surface area contributed by atoms with Gasteiger partial charge in [0.05, 0.1) is 24.9 Å². The Morgan fingerprint density at radius 2 is 1.02 bits per heavy atom. The Hall–Kier alpha value is -0.690. The van der Waals surface area contributed by atoms with Gasteiger partial charge in [-0.1, -0.05) is 162 Å². The van der Waals surface area contributed by atoms with Crippen molar-refractivity contribution < 1.29 is 23.7 Å². The van der Waals surface area contributed by atoms with E-state index >= 15 is 0 Å². The lowest BCUT2D eigenvalue weighted by Gasteiger charge is -2.30. The van der Waals surface area contributed by atoms with Gasteiger partial charge in [-0.2, -0.15) is 0 Å². The van der Waals surface area contributed by atoms with E-state index in [1.54, 1.807) is 7.11 Å². The largest absolute Gasteiger partial charge is 0.379 e. The van der Waals surface area contributed by atoms with Crippen molar-refractivity contribution >= 4 is 5.91 Å². The quantitative estimate of drug-likeness (QED) is 0.0648. The van der Waals surface area contributed by atoms with Gasteiger partial charge in [0.1, 0.15) is 5.60 Å². The molecular formula is C43H87NO5. The molecule has 0 aliphatic rings. The Bertz CT molecular complexity index is 696. The number of carbonyl (C=O) groups is 1. The number of hydrogen-bond donors (Lipinski definition) is 1. The van der Waals surface area contributed by atoms with Crippen molar-refractivity contribution in [1.29, 1.82) is 0 Å². The third-order valence-corrected chi connectivity index (χ3v) is 10.4. The topological polar surface area (TPSA) is 66.0 Å². The van der Waals surface area contributed by atoms with Crippen LogP contribution in [0, 0.1) is 0 Å². The molecule has 0 heterocycles. The highest BCUT2D eigenvalue weighted by Gasteiger charge is 2.30. The zero-order valence-electron chi connectivity index (χ0n) is 34.2. The van der Waals surface area contributed by atoms with E-state index in [-0.39, 0.29) is 17.6 Å². The molecule has 0 aromatic carbocycles. The molecule has 6 heteroatoms. The minimum Gasteiger partial charge on any atom is -0.379 e. The van der Waals surface area contributed by atoms with E-state index < -0.39 is 5.60 Å². The number of hydrogen-bond acceptors (Lipinski definition) is 5. The molecule has 2 unspecified atom stereocenters. The summed E-state index contributed by atoms with van der Waals surface area (Å²) in [5, 5.41) is 3.10. The summed E-state index contributed by atoms with van der Waals surface area (Å²) < 4.78 is 24.0. The molecule has 0 radical (unpaired) electrons. The minimum absolute atomic E-state index is 0.00156. The van der Waals surface area contributed by atoms with Crippen LogP contribution in [0.25, 0.3) is 0 Å². The highest BCUT2D eigenvalue weighted by molar-refractivity contribution is 5.84. The lowest BCUT2D eigenvalue weighted by Crippen LogP contribution is -2.46. The molecule has 0 bridgehead atoms. The van der Waals surface area contributed by atoms with E-state index in [9.17, 15) is 4.79 Å². The van der Waals surface area contributed by atoms with Gasteiger partial charge in [-0.3, -0.25) is 4.79 Å². The van der Waals surface area contributed by atoms with E-state index in [0.717, 1.165) is 45.3 Å². The number of methoxy groups -OCH3 is 1. The number of unbranched alkanes of at least 4 members (excludes halogenated alkanes) is 22. The SMILES string of the molecule is CCCCCCCCCCCCCCCCCCOC(CCNC(=O)C(C)(C)OCCC(C)(CC)OC)COCCCCCCCCCC. The number of rotatable bonds is 39. The second-order valence-corrected chi connectivity index (χ2v) is 15.5. The maximum absolute atomic E-state index is 13.0. The van der Waals surface area contributed by atoms with Crippen LogP contribution in [0.2, 0.25) is 0 Å². The second kappa shape index (κ2) is 34.4. The molecule has 0 aliphatic carbocycles. The molecule has 294 valence electrons. The standard InChI is InChI=1S/C43H87NO5/c1-8-11-13-15-17-19-20-21-22-23-24-25-26-28-30-32-37-48-40(39-47-36-31-29-27-18-16-14-12-9-2)33-35-44-41(45)42(4,5)49-38-34-43(6,10-3)46-7/h40H,8-39H2,1-7H3,(H,44,45). The predicted octanol–water partition coefficient (Wildman–Crippen LogP) is 12.3. The molecule has 1 amide bonds. The molecule has 6 nitrogen and oxygen atoms in total. The molecule has 0 aromatic heterocycles. The molecule has 0 rings (SSSR count). The van der Waals surface area contributed by atoms with Crippen molar-refractivity contribution in [3.05, 3.63) is 0 Å². The van der Waals surface area contributed by atoms with Gasteiger partial charge in [0.2, 0.25) is 0 Å². The maximum atomic E-state index is 13.0. The summed E-state index contributed by atoms with van der Waals surface area (Å²) >= 11 is 0. The first kappa shape index (κ1) is 48.3. The van der Waals surface area contributed by atoms with Crippen molar-refractivity contribution in [2.75, 3.05) is 40.1 Å². The first-order chi connectivity index (χ1) is 23.7. The Morgan fingerprint density at radius 3 is 1.45 bits per heavy atom. The number of ether oxygens (including phenoxy) is 4. The third kappa shape index (κ3) is 30.6. The molecule has 0 aromatic rings. The lowest BCUT2D eigenvalue weighted by molar-refractivity contribution is -0.145. The summed E-state index contributed by atoms with van der Waals surface area (Å²) in [6.07, 6.45) is 34.7. The number of nitrogens with one attached hydrogen (secondary N) is 1. The Morgan fingerprint density at radius 1 is 0.592 bits per heavy atom. The fraction of sp³-hybridized carbons (Fsp3) is 0.977. The van der Waals surface area contributed by atoms with Crippen LogP contribution in [-0.2, 0) is 23.7 Å². The third-order valence-electron chi connectivity index (χ3n) is 10.4. The van der Waals surface area contributed by atoms with Crippen molar-refractivity contribution in [1.82, 2.24) is 5.32 Å². The Labute approximate surface area is 306 Å². The van der Waals surface area contributed by atoms with E-state index in [2.05, 4.69) is 33.0 Å². The maximum Gasteiger partial charge on any atom is 0.251 e. The van der Waals surface area contributed by atoms with Crippen LogP contribution in [0.4, 0.5) is 0 Å². The van der Waals surface area contributed by atoms with Crippen LogP contribution < -0.4 is 5.32 Å². The van der Waals surface area contributed by atoms with Crippen LogP contribution in [0.1, 0.15) is 215 Å².